The standard InChI is InChI=1S/C12H16F3NO2S/c1-10(2)5-6-11(3,4)8-19(18,7-10)16-9(17)12(13,14)15/h7-8H2,1-4H3. The molecule has 0 fully saturated rings. The van der Waals surface area contributed by atoms with Crippen LogP contribution in [0.3, 0.4) is 0 Å². The Hall–Kier alpha value is -1.03. The van der Waals surface area contributed by atoms with Gasteiger partial charge in [-0.15, -0.1) is 0 Å². The van der Waals surface area contributed by atoms with Gasteiger partial charge in [0.1, 0.15) is 0 Å². The van der Waals surface area contributed by atoms with Gasteiger partial charge in [0.25, 0.3) is 0 Å². The first kappa shape index (κ1) is 16.0. The molecule has 1 aliphatic rings. The van der Waals surface area contributed by atoms with Crippen molar-refractivity contribution in [1.82, 2.24) is 0 Å². The number of halogens is 3. The Morgan fingerprint density at radius 2 is 1.47 bits per heavy atom. The summed E-state index contributed by atoms with van der Waals surface area (Å²) in [6.45, 7) is 6.70. The molecule has 0 unspecified atom stereocenters. The molecule has 1 amide bonds. The van der Waals surface area contributed by atoms with Crippen molar-refractivity contribution in [2.24, 2.45) is 15.2 Å². The van der Waals surface area contributed by atoms with Gasteiger partial charge in [-0.2, -0.15) is 17.5 Å². The van der Waals surface area contributed by atoms with E-state index in [1.165, 1.54) is 0 Å². The van der Waals surface area contributed by atoms with E-state index in [4.69, 9.17) is 0 Å². The van der Waals surface area contributed by atoms with Crippen LogP contribution in [0.25, 0.3) is 0 Å². The van der Waals surface area contributed by atoms with E-state index in [0.717, 1.165) is 0 Å². The van der Waals surface area contributed by atoms with E-state index in [0.29, 0.717) is 0 Å². The average molecular weight is 295 g/mol. The average Bonchev–Trinajstić information content (AvgIpc) is 2.17. The number of hydrogen-bond acceptors (Lipinski definition) is 2. The van der Waals surface area contributed by atoms with Gasteiger partial charge in [0.05, 0.1) is 9.73 Å². The van der Waals surface area contributed by atoms with Crippen LogP contribution in [0.15, 0.2) is 4.36 Å². The summed E-state index contributed by atoms with van der Waals surface area (Å²) in [5.74, 6) is 3.23. The highest BCUT2D eigenvalue weighted by Gasteiger charge is 2.41. The molecular formula is C12H16F3NO2S. The lowest BCUT2D eigenvalue weighted by Crippen LogP contribution is -2.30. The maximum Gasteiger partial charge on any atom is 0.474 e. The minimum atomic E-state index is -5.09. The number of amides is 1. The zero-order valence-corrected chi connectivity index (χ0v) is 12.0. The number of nitrogens with zero attached hydrogens (tertiary/aromatic N) is 1. The molecule has 1 heterocycles. The molecule has 0 saturated heterocycles. The number of alkyl halides is 3. The van der Waals surface area contributed by atoms with E-state index in [2.05, 4.69) is 16.2 Å². The summed E-state index contributed by atoms with van der Waals surface area (Å²) in [6.07, 6.45) is -5.09. The number of carbonyl (C=O) groups excluding carboxylic acids is 1. The first-order valence-electron chi connectivity index (χ1n) is 5.63. The van der Waals surface area contributed by atoms with E-state index in [1.807, 2.05) is 0 Å². The number of rotatable bonds is 0. The van der Waals surface area contributed by atoms with Crippen molar-refractivity contribution in [3.63, 3.8) is 0 Å². The predicted octanol–water partition coefficient (Wildman–Crippen LogP) is 2.61. The normalized spacial score (nSPS) is 23.7. The first-order chi connectivity index (χ1) is 8.25. The minimum Gasteiger partial charge on any atom is -0.261 e. The Labute approximate surface area is 111 Å². The Morgan fingerprint density at radius 1 is 1.11 bits per heavy atom. The van der Waals surface area contributed by atoms with Crippen molar-refractivity contribution in [3.8, 4) is 11.8 Å². The fourth-order valence-electron chi connectivity index (χ4n) is 1.86. The van der Waals surface area contributed by atoms with E-state index in [-0.39, 0.29) is 11.5 Å². The van der Waals surface area contributed by atoms with Crippen LogP contribution in [0.1, 0.15) is 27.7 Å². The number of hydrogen-bond donors (Lipinski definition) is 0. The van der Waals surface area contributed by atoms with Crippen LogP contribution in [0, 0.1) is 22.7 Å². The molecule has 0 bridgehead atoms. The van der Waals surface area contributed by atoms with Crippen LogP contribution in [0.4, 0.5) is 13.2 Å². The van der Waals surface area contributed by atoms with Gasteiger partial charge in [-0.1, -0.05) is 11.8 Å². The summed E-state index contributed by atoms with van der Waals surface area (Å²) in [6, 6.07) is 0. The van der Waals surface area contributed by atoms with Crippen molar-refractivity contribution in [1.29, 1.82) is 0 Å². The molecule has 7 heteroatoms. The summed E-state index contributed by atoms with van der Waals surface area (Å²) in [4.78, 5) is 11.0. The molecule has 19 heavy (non-hydrogen) atoms. The zero-order chi connectivity index (χ0) is 15.1. The van der Waals surface area contributed by atoms with Gasteiger partial charge in [-0.05, 0) is 27.7 Å². The first-order valence-corrected chi connectivity index (χ1v) is 7.48. The molecular weight excluding hydrogens is 279 g/mol. The Bertz CT molecular complexity index is 542. The highest BCUT2D eigenvalue weighted by Crippen LogP contribution is 2.30. The van der Waals surface area contributed by atoms with Gasteiger partial charge in [-0.25, -0.2) is 4.21 Å². The predicted molar refractivity (Wildman–Crippen MR) is 66.7 cm³/mol. The third-order valence-electron chi connectivity index (χ3n) is 2.40. The molecule has 0 radical (unpaired) electrons. The van der Waals surface area contributed by atoms with Gasteiger partial charge in [0.2, 0.25) is 0 Å². The highest BCUT2D eigenvalue weighted by atomic mass is 32.2. The monoisotopic (exact) mass is 295 g/mol. The van der Waals surface area contributed by atoms with E-state index >= 15 is 0 Å². The molecule has 0 atom stereocenters. The van der Waals surface area contributed by atoms with Crippen molar-refractivity contribution in [3.05, 3.63) is 0 Å². The van der Waals surface area contributed by atoms with Crippen molar-refractivity contribution >= 4 is 15.6 Å². The second-order valence-electron chi connectivity index (χ2n) is 5.97. The Balaban J connectivity index is 3.30. The molecule has 108 valence electrons. The molecule has 0 aromatic rings. The Morgan fingerprint density at radius 3 is 1.79 bits per heavy atom. The number of carbonyl (C=O) groups is 1. The second-order valence-corrected chi connectivity index (χ2v) is 8.28. The van der Waals surface area contributed by atoms with E-state index in [9.17, 15) is 22.2 Å². The van der Waals surface area contributed by atoms with Gasteiger partial charge in [-0.3, -0.25) is 4.79 Å². The van der Waals surface area contributed by atoms with Crippen LogP contribution < -0.4 is 0 Å². The molecule has 1 aliphatic heterocycles. The SMILES string of the molecule is CC1(C)C#CC(C)(C)CS(=O)(=NC(=O)C(F)(F)F)C1. The summed E-state index contributed by atoms with van der Waals surface area (Å²) < 4.78 is 52.3. The quantitative estimate of drug-likeness (QED) is 0.645. The second kappa shape index (κ2) is 4.51. The fourth-order valence-corrected chi connectivity index (χ4v) is 4.89. The third-order valence-corrected chi connectivity index (χ3v) is 5.25. The smallest absolute Gasteiger partial charge is 0.261 e. The van der Waals surface area contributed by atoms with Crippen molar-refractivity contribution < 1.29 is 22.2 Å². The molecule has 3 nitrogen and oxygen atoms in total. The lowest BCUT2D eigenvalue weighted by Gasteiger charge is -2.21. The largest absolute Gasteiger partial charge is 0.474 e. The highest BCUT2D eigenvalue weighted by molar-refractivity contribution is 7.94. The molecule has 0 N–H and O–H groups in total. The van der Waals surface area contributed by atoms with Crippen LogP contribution in [0.2, 0.25) is 0 Å². The lowest BCUT2D eigenvalue weighted by atomic mass is 9.92. The maximum absolute atomic E-state index is 12.5. The molecule has 0 aromatic heterocycles. The van der Waals surface area contributed by atoms with Crippen LogP contribution in [-0.4, -0.2) is 27.8 Å². The van der Waals surface area contributed by atoms with Crippen LogP contribution >= 0.6 is 0 Å². The summed E-state index contributed by atoms with van der Waals surface area (Å²) in [5.41, 5.74) is -1.47. The maximum atomic E-state index is 12.5. The minimum absolute atomic E-state index is 0.141. The summed E-state index contributed by atoms with van der Waals surface area (Å²) in [5, 5.41) is 0. The van der Waals surface area contributed by atoms with Gasteiger partial charge < -0.3 is 0 Å². The third kappa shape index (κ3) is 4.53. The Kier molecular flexibility index (Phi) is 3.81. The molecule has 0 spiro atoms. The summed E-state index contributed by atoms with van der Waals surface area (Å²) in [7, 11) is -3.29. The molecule has 0 saturated carbocycles. The summed E-state index contributed by atoms with van der Waals surface area (Å²) >= 11 is 0. The van der Waals surface area contributed by atoms with Crippen LogP contribution in [-0.2, 0) is 14.5 Å². The van der Waals surface area contributed by atoms with E-state index < -0.39 is 32.6 Å². The topological polar surface area (TPSA) is 46.5 Å². The van der Waals surface area contributed by atoms with Gasteiger partial charge >= 0.3 is 12.1 Å². The van der Waals surface area contributed by atoms with Gasteiger partial charge in [0, 0.05) is 22.3 Å². The molecule has 0 aliphatic carbocycles. The van der Waals surface area contributed by atoms with E-state index in [1.54, 1.807) is 27.7 Å². The van der Waals surface area contributed by atoms with Crippen molar-refractivity contribution in [2.45, 2.75) is 33.9 Å². The lowest BCUT2D eigenvalue weighted by molar-refractivity contribution is -0.169. The van der Waals surface area contributed by atoms with Crippen molar-refractivity contribution in [2.75, 3.05) is 11.5 Å². The molecule has 1 rings (SSSR count). The zero-order valence-electron chi connectivity index (χ0n) is 11.2. The molecule has 0 aromatic carbocycles. The fraction of sp³-hybridized carbons (Fsp3) is 0.750. The van der Waals surface area contributed by atoms with Crippen LogP contribution in [0.5, 0.6) is 0 Å². The van der Waals surface area contributed by atoms with Gasteiger partial charge in [0.15, 0.2) is 0 Å².